The van der Waals surface area contributed by atoms with Crippen LogP contribution in [0.3, 0.4) is 0 Å². The fourth-order valence-electron chi connectivity index (χ4n) is 11.6. The summed E-state index contributed by atoms with van der Waals surface area (Å²) >= 11 is 4.63. The molecule has 0 aliphatic heterocycles. The molecule has 0 saturated carbocycles. The van der Waals surface area contributed by atoms with E-state index in [9.17, 15) is 9.59 Å². The molecule has 0 aliphatic carbocycles. The number of hydrogen-bond donors (Lipinski definition) is 1. The summed E-state index contributed by atoms with van der Waals surface area (Å²) in [6, 6.07) is 49.6. The van der Waals surface area contributed by atoms with Crippen molar-refractivity contribution in [3.8, 4) is 0 Å². The fourth-order valence-corrected chi connectivity index (χ4v) is 11.6. The zero-order valence-corrected chi connectivity index (χ0v) is 76.2. The van der Waals surface area contributed by atoms with Gasteiger partial charge in [0.05, 0.1) is 68.4 Å². The monoisotopic (exact) mass is 1820 g/mol. The van der Waals surface area contributed by atoms with Crippen LogP contribution in [0.1, 0.15) is 346 Å². The molecule has 0 atom stereocenters. The van der Waals surface area contributed by atoms with Crippen molar-refractivity contribution < 1.29 is 35.9 Å². The second-order valence-electron chi connectivity index (χ2n) is 28.8. The number of nitrogens with zero attached hydrogens (tertiary/aromatic N) is 7. The van der Waals surface area contributed by atoms with Gasteiger partial charge in [-0.25, -0.2) is 15.0 Å². The summed E-state index contributed by atoms with van der Waals surface area (Å²) in [5.41, 5.74) is 32.1. The molecule has 2 N–H and O–H groups in total. The quantitative estimate of drug-likeness (QED) is 0.0264. The van der Waals surface area contributed by atoms with Gasteiger partial charge in [0.15, 0.2) is 11.6 Å². The van der Waals surface area contributed by atoms with E-state index in [4.69, 9.17) is 76.1 Å². The minimum absolute atomic E-state index is 0. The molecule has 0 unspecified atom stereocenters. The Bertz CT molecular complexity index is 3630. The Morgan fingerprint density at radius 1 is 0.292 bits per heavy atom. The van der Waals surface area contributed by atoms with Gasteiger partial charge in [0.25, 0.3) is 0 Å². The normalized spacial score (nSPS) is 11.7. The van der Waals surface area contributed by atoms with Crippen LogP contribution in [0.15, 0.2) is 166 Å². The first-order chi connectivity index (χ1) is 49.5. The third-order valence-corrected chi connectivity index (χ3v) is 17.4. The second-order valence-corrected chi connectivity index (χ2v) is 32.4. The topological polar surface area (TPSA) is 148 Å². The molecule has 8 rings (SSSR count). The maximum atomic E-state index is 10.8. The van der Waals surface area contributed by atoms with Crippen molar-refractivity contribution in [3.05, 3.63) is 235 Å². The molecule has 0 saturated heterocycles. The Hall–Kier alpha value is -4.97. The molecule has 580 valence electrons. The zero-order valence-electron chi connectivity index (χ0n) is 66.6. The first kappa shape index (κ1) is 99.0. The molecule has 0 bridgehead atoms. The van der Waals surface area contributed by atoms with Crippen LogP contribution in [-0.2, 0) is 26.3 Å². The van der Waals surface area contributed by atoms with Crippen LogP contribution >= 0.6 is 77.6 Å². The summed E-state index contributed by atoms with van der Waals surface area (Å²) < 4.78 is 0. The summed E-state index contributed by atoms with van der Waals surface area (Å²) in [7, 11) is 19.1. The Morgan fingerprint density at radius 2 is 0.425 bits per heavy atom. The Balaban J connectivity index is 0.000000743. The molecule has 8 aromatic rings. The summed E-state index contributed by atoms with van der Waals surface area (Å²) in [4.78, 5) is 56.1. The number of Topliss-reactive ketones (excluding diaryl/α,β-unsaturated/α-hetero) is 2. The minimum atomic E-state index is -0.127. The third kappa shape index (κ3) is 31.1. The second kappa shape index (κ2) is 50.8. The van der Waals surface area contributed by atoms with Crippen molar-refractivity contribution in [2.75, 3.05) is 5.73 Å². The van der Waals surface area contributed by atoms with E-state index in [-0.39, 0.29) is 45.3 Å². The molecule has 106 heavy (non-hydrogen) atoms. The van der Waals surface area contributed by atoms with Crippen molar-refractivity contribution >= 4 is 140 Å². The Labute approximate surface area is 692 Å². The number of rotatable bonds is 20. The molecule has 10 nitrogen and oxygen atoms in total. The number of benzene rings is 5. The summed E-state index contributed by atoms with van der Waals surface area (Å²) in [5, 5.41) is 0. The molecule has 3 aromatic heterocycles. The van der Waals surface area contributed by atoms with E-state index in [1.807, 2.05) is 24.3 Å². The van der Waals surface area contributed by atoms with Crippen LogP contribution in [0, 0.1) is 0 Å². The number of nitrogen functional groups attached to an aromatic ring is 1. The number of aliphatic imine (C=N–C) groups is 4. The molecule has 5 aromatic carbocycles. The van der Waals surface area contributed by atoms with Crippen molar-refractivity contribution in [2.24, 2.45) is 20.0 Å². The predicted octanol–water partition coefficient (Wildman–Crippen LogP) is 29.9. The average molecular weight is 1830 g/mol. The maximum absolute atomic E-state index is 10.8. The number of ketones is 2. The number of aromatic nitrogens is 3. The molecule has 3 heterocycles. The van der Waals surface area contributed by atoms with Gasteiger partial charge in [-0.2, -0.15) is 0 Å². The standard InChI is InChI=1S/2C33H43N3.C12H19N.C9H9NO2.CH4.4ClH.2Fe.I2/c2*1-20(2)26-14-11-15-27(21(3)4)32(26)34-24(9)30-18-13-19-31(36-30)25(10)35-33-28(22(5)6)16-12-17-29(33)23(7)8;1-8(2)10-6-5-7-11(9(3)4)12(10)13;1-6(11)8-4-3-5-9(10-8)7(2)12;;;;;;;;1-2/h2*11-23H,1-10H3;5-9H,13H2,1-4H3;3-5H,1-2H3;1H4;4*1H;;;/q;;;;;;;;;2*+2;/p-4. The number of pyridine rings is 3. The molecule has 0 aliphatic rings. The van der Waals surface area contributed by atoms with Gasteiger partial charge in [0, 0.05) is 56.8 Å². The number of anilines is 1. The van der Waals surface area contributed by atoms with E-state index in [1.54, 1.807) is 18.2 Å². The van der Waals surface area contributed by atoms with Crippen LogP contribution < -0.4 is 5.73 Å². The predicted molar refractivity (Wildman–Crippen MR) is 476 cm³/mol. The zero-order chi connectivity index (χ0) is 79.7. The van der Waals surface area contributed by atoms with Crippen molar-refractivity contribution in [2.45, 2.75) is 247 Å². The van der Waals surface area contributed by atoms with E-state index in [1.165, 1.54) is 69.5 Å². The molecular formula is C88H118Cl4Fe2I2N8O2. The molecule has 0 amide bonds. The summed E-state index contributed by atoms with van der Waals surface area (Å²) in [6.45, 7) is 55.5. The van der Waals surface area contributed by atoms with E-state index in [2.05, 4.69) is 312 Å². The molecule has 0 spiro atoms. The van der Waals surface area contributed by atoms with Crippen LogP contribution in [0.2, 0.25) is 0 Å². The summed E-state index contributed by atoms with van der Waals surface area (Å²) in [6.07, 6.45) is 0. The Kier molecular flexibility index (Phi) is 47.4. The number of carbonyl (C=O) groups excluding carboxylic acids is 2. The van der Waals surface area contributed by atoms with Gasteiger partial charge < -0.3 is 5.73 Å². The molecular weight excluding hydrogens is 1710 g/mol. The first-order valence-corrected chi connectivity index (χ1v) is 48.3. The molecule has 0 fully saturated rings. The van der Waals surface area contributed by atoms with E-state index < -0.39 is 0 Å². The number of para-hydroxylation sites is 5. The van der Waals surface area contributed by atoms with Crippen LogP contribution in [0.4, 0.5) is 28.4 Å². The number of nitrogens with two attached hydrogens (primary N) is 1. The fraction of sp³-hybridized carbons (Fsp3) is 0.420. The average Bonchev–Trinajstić information content (AvgIpc) is 0.815. The van der Waals surface area contributed by atoms with Gasteiger partial charge in [-0.3, -0.25) is 29.6 Å². The Morgan fingerprint density at radius 3 is 0.575 bits per heavy atom. The van der Waals surface area contributed by atoms with Crippen molar-refractivity contribution in [1.29, 1.82) is 0 Å². The van der Waals surface area contributed by atoms with Crippen molar-refractivity contribution in [1.82, 2.24) is 15.0 Å². The summed E-state index contributed by atoms with van der Waals surface area (Å²) in [5.74, 6) is 3.99. The number of halogens is 6. The van der Waals surface area contributed by atoms with Crippen LogP contribution in [0.5, 0.6) is 0 Å². The van der Waals surface area contributed by atoms with Crippen LogP contribution in [-0.4, -0.2) is 49.4 Å². The van der Waals surface area contributed by atoms with Gasteiger partial charge in [-0.05, 0) is 179 Å². The number of carbonyl (C=O) groups is 2. The van der Waals surface area contributed by atoms with Gasteiger partial charge in [0.2, 0.25) is 0 Å². The van der Waals surface area contributed by atoms with Crippen molar-refractivity contribution in [3.63, 3.8) is 0 Å². The van der Waals surface area contributed by atoms with Gasteiger partial charge >= 0.3 is 66.7 Å². The third-order valence-electron chi connectivity index (χ3n) is 17.4. The van der Waals surface area contributed by atoms with Gasteiger partial charge in [-0.1, -0.05) is 255 Å². The first-order valence-electron chi connectivity index (χ1n) is 35.9. The van der Waals surface area contributed by atoms with E-state index >= 15 is 0 Å². The number of hydrogen-bond acceptors (Lipinski definition) is 10. The van der Waals surface area contributed by atoms with Gasteiger partial charge in [-0.15, -0.1) is 0 Å². The molecule has 0 radical (unpaired) electrons. The SMILES string of the molecule is C.CC(=Nc1c(C(C)C)cccc1C(C)C)c1cccc(C(C)=Nc2c(C(C)C)cccc2C(C)C)n1.CC(=Nc1c(C(C)C)cccc1C(C)C)c1cccc(C(C)=Nc2c(C(C)C)cccc2C(C)C)n1.CC(=O)c1cccc(C(C)=O)n1.CC(C)c1cccc(C(C)C)c1N.II.[Cl][Fe][Cl].[Cl][Fe][Cl]. The molecule has 18 heteroatoms. The van der Waals surface area contributed by atoms with Crippen LogP contribution in [0.25, 0.3) is 0 Å². The van der Waals surface area contributed by atoms with Gasteiger partial charge in [0.1, 0.15) is 11.4 Å². The van der Waals surface area contributed by atoms with E-state index in [0.717, 1.165) is 74.1 Å². The van der Waals surface area contributed by atoms with E-state index in [0.29, 0.717) is 70.6 Å².